The van der Waals surface area contributed by atoms with Gasteiger partial charge < -0.3 is 20.3 Å². The molecule has 0 aliphatic rings. The van der Waals surface area contributed by atoms with Gasteiger partial charge >= 0.3 is 6.18 Å². The van der Waals surface area contributed by atoms with Crippen molar-refractivity contribution < 1.29 is 22.7 Å². The lowest BCUT2D eigenvalue weighted by molar-refractivity contribution is -0.157. The highest BCUT2D eigenvalue weighted by atomic mass is 19.4. The zero-order valence-corrected chi connectivity index (χ0v) is 14.3. The topological polar surface area (TPSA) is 66.0 Å². The van der Waals surface area contributed by atoms with E-state index in [9.17, 15) is 18.0 Å². The van der Waals surface area contributed by atoms with E-state index in [1.807, 2.05) is 30.3 Å². The minimum Gasteiger partial charge on any atom is -0.494 e. The number of nitrogens with zero attached hydrogens (tertiary/aromatic N) is 2. The molecule has 140 valence electrons. The summed E-state index contributed by atoms with van der Waals surface area (Å²) in [4.78, 5) is 16.2. The molecule has 0 saturated carbocycles. The summed E-state index contributed by atoms with van der Waals surface area (Å²) >= 11 is 0. The van der Waals surface area contributed by atoms with E-state index in [1.54, 1.807) is 0 Å². The van der Waals surface area contributed by atoms with Gasteiger partial charge in [-0.1, -0.05) is 18.2 Å². The highest BCUT2D eigenvalue weighted by Gasteiger charge is 2.31. The Morgan fingerprint density at radius 1 is 1.24 bits per heavy atom. The van der Waals surface area contributed by atoms with E-state index in [-0.39, 0.29) is 6.54 Å². The van der Waals surface area contributed by atoms with E-state index < -0.39 is 18.6 Å². The number of ether oxygens (including phenoxy) is 1. The predicted molar refractivity (Wildman–Crippen MR) is 89.6 cm³/mol. The number of aliphatic imine (C=N–C) groups is 1. The second-order valence-electron chi connectivity index (χ2n) is 5.23. The molecule has 1 aromatic carbocycles. The first-order valence-electron chi connectivity index (χ1n) is 7.75. The quantitative estimate of drug-likeness (QED) is 0.420. The van der Waals surface area contributed by atoms with Gasteiger partial charge in [0.1, 0.15) is 12.3 Å². The molecule has 0 aliphatic heterocycles. The molecule has 1 amide bonds. The van der Waals surface area contributed by atoms with Crippen molar-refractivity contribution in [1.29, 1.82) is 0 Å². The maximum atomic E-state index is 12.2. The number of benzene rings is 1. The van der Waals surface area contributed by atoms with Gasteiger partial charge in [-0.05, 0) is 18.6 Å². The molecule has 25 heavy (non-hydrogen) atoms. The van der Waals surface area contributed by atoms with Crippen LogP contribution in [0.3, 0.4) is 0 Å². The standard InChI is InChI=1S/C16H23F3N4O2/c1-20-15(22-11-14(24)23(2)12-16(17,18)19)21-9-6-10-25-13-7-4-3-5-8-13/h3-5,7-8H,6,9-12H2,1-2H3,(H2,20,21,22). The number of nitrogens with one attached hydrogen (secondary N) is 2. The van der Waals surface area contributed by atoms with Crippen molar-refractivity contribution in [2.24, 2.45) is 4.99 Å². The second-order valence-corrected chi connectivity index (χ2v) is 5.23. The van der Waals surface area contributed by atoms with Crippen LogP contribution in [0.4, 0.5) is 13.2 Å². The summed E-state index contributed by atoms with van der Waals surface area (Å²) < 4.78 is 42.2. The number of hydrogen-bond acceptors (Lipinski definition) is 3. The fourth-order valence-electron chi connectivity index (χ4n) is 1.86. The minimum absolute atomic E-state index is 0.271. The van der Waals surface area contributed by atoms with Crippen molar-refractivity contribution in [3.8, 4) is 5.75 Å². The lowest BCUT2D eigenvalue weighted by Gasteiger charge is -2.20. The molecule has 0 fully saturated rings. The molecule has 1 rings (SSSR count). The number of likely N-dealkylation sites (N-methyl/N-ethyl adjacent to an activating group) is 1. The molecule has 0 aromatic heterocycles. The molecule has 0 aliphatic carbocycles. The van der Waals surface area contributed by atoms with Crippen LogP contribution in [-0.4, -0.2) is 63.3 Å². The van der Waals surface area contributed by atoms with Crippen LogP contribution < -0.4 is 15.4 Å². The number of para-hydroxylation sites is 1. The van der Waals surface area contributed by atoms with E-state index in [1.165, 1.54) is 7.05 Å². The largest absolute Gasteiger partial charge is 0.494 e. The number of alkyl halides is 3. The Morgan fingerprint density at radius 3 is 2.52 bits per heavy atom. The Morgan fingerprint density at radius 2 is 1.92 bits per heavy atom. The van der Waals surface area contributed by atoms with Crippen LogP contribution >= 0.6 is 0 Å². The number of rotatable bonds is 8. The van der Waals surface area contributed by atoms with Crippen molar-refractivity contribution >= 4 is 11.9 Å². The first-order chi connectivity index (χ1) is 11.8. The van der Waals surface area contributed by atoms with Gasteiger partial charge in [0.2, 0.25) is 5.91 Å². The Balaban J connectivity index is 2.20. The van der Waals surface area contributed by atoms with Gasteiger partial charge in [-0.2, -0.15) is 13.2 Å². The third-order valence-corrected chi connectivity index (χ3v) is 3.10. The van der Waals surface area contributed by atoms with Gasteiger partial charge in [0.15, 0.2) is 5.96 Å². The SMILES string of the molecule is CN=C(NCCCOc1ccccc1)NCC(=O)N(C)CC(F)(F)F. The Labute approximate surface area is 145 Å². The minimum atomic E-state index is -4.41. The molecule has 0 atom stereocenters. The van der Waals surface area contributed by atoms with Gasteiger partial charge in [-0.15, -0.1) is 0 Å². The highest BCUT2D eigenvalue weighted by molar-refractivity contribution is 5.86. The monoisotopic (exact) mass is 360 g/mol. The molecule has 0 spiro atoms. The van der Waals surface area contributed by atoms with Gasteiger partial charge in [-0.25, -0.2) is 0 Å². The summed E-state index contributed by atoms with van der Waals surface area (Å²) in [6.07, 6.45) is -3.72. The first kappa shape index (κ1) is 20.6. The lowest BCUT2D eigenvalue weighted by atomic mass is 10.3. The molecule has 0 heterocycles. The molecule has 0 unspecified atom stereocenters. The normalized spacial score (nSPS) is 11.8. The van der Waals surface area contributed by atoms with Crippen molar-refractivity contribution in [1.82, 2.24) is 15.5 Å². The van der Waals surface area contributed by atoms with E-state index in [2.05, 4.69) is 15.6 Å². The zero-order valence-electron chi connectivity index (χ0n) is 14.3. The van der Waals surface area contributed by atoms with Crippen LogP contribution in [0.15, 0.2) is 35.3 Å². The first-order valence-corrected chi connectivity index (χ1v) is 7.75. The van der Waals surface area contributed by atoms with Gasteiger partial charge in [0.25, 0.3) is 0 Å². The van der Waals surface area contributed by atoms with Crippen LogP contribution in [0.2, 0.25) is 0 Å². The van der Waals surface area contributed by atoms with E-state index >= 15 is 0 Å². The van der Waals surface area contributed by atoms with Gasteiger partial charge in [-0.3, -0.25) is 9.79 Å². The third-order valence-electron chi connectivity index (χ3n) is 3.10. The highest BCUT2D eigenvalue weighted by Crippen LogP contribution is 2.15. The van der Waals surface area contributed by atoms with Crippen molar-refractivity contribution in [3.05, 3.63) is 30.3 Å². The van der Waals surface area contributed by atoms with Crippen LogP contribution in [0.1, 0.15) is 6.42 Å². The van der Waals surface area contributed by atoms with E-state index in [0.29, 0.717) is 30.4 Å². The molecular formula is C16H23F3N4O2. The fourth-order valence-corrected chi connectivity index (χ4v) is 1.86. The molecule has 1 aromatic rings. The van der Waals surface area contributed by atoms with Crippen LogP contribution in [0.25, 0.3) is 0 Å². The smallest absolute Gasteiger partial charge is 0.406 e. The zero-order chi connectivity index (χ0) is 18.7. The Bertz CT molecular complexity index is 550. The average molecular weight is 360 g/mol. The summed E-state index contributed by atoms with van der Waals surface area (Å²) in [5.74, 6) is 0.449. The van der Waals surface area contributed by atoms with Gasteiger partial charge in [0.05, 0.1) is 13.2 Å². The average Bonchev–Trinajstić information content (AvgIpc) is 2.56. The second kappa shape index (κ2) is 10.4. The predicted octanol–water partition coefficient (Wildman–Crippen LogP) is 1.64. The van der Waals surface area contributed by atoms with Crippen molar-refractivity contribution in [2.75, 3.05) is 40.3 Å². The number of amides is 1. The molecular weight excluding hydrogens is 337 g/mol. The Hall–Kier alpha value is -2.45. The van der Waals surface area contributed by atoms with Crippen LogP contribution in [0.5, 0.6) is 5.75 Å². The summed E-state index contributed by atoms with van der Waals surface area (Å²) in [6.45, 7) is -0.510. The summed E-state index contributed by atoms with van der Waals surface area (Å²) in [6, 6.07) is 9.38. The maximum absolute atomic E-state index is 12.2. The van der Waals surface area contributed by atoms with Crippen molar-refractivity contribution in [2.45, 2.75) is 12.6 Å². The Kier molecular flexibility index (Phi) is 8.59. The van der Waals surface area contributed by atoms with Gasteiger partial charge in [0, 0.05) is 20.6 Å². The summed E-state index contributed by atoms with van der Waals surface area (Å²) in [5.41, 5.74) is 0. The molecule has 0 saturated heterocycles. The van der Waals surface area contributed by atoms with E-state index in [0.717, 1.165) is 12.8 Å². The number of carbonyl (C=O) groups is 1. The summed E-state index contributed by atoms with van der Waals surface area (Å²) in [7, 11) is 2.62. The maximum Gasteiger partial charge on any atom is 0.406 e. The molecule has 0 radical (unpaired) electrons. The lowest BCUT2D eigenvalue weighted by Crippen LogP contribution is -2.45. The van der Waals surface area contributed by atoms with Crippen LogP contribution in [-0.2, 0) is 4.79 Å². The van der Waals surface area contributed by atoms with Crippen LogP contribution in [0, 0.1) is 0 Å². The van der Waals surface area contributed by atoms with E-state index in [4.69, 9.17) is 4.74 Å². The molecule has 9 heteroatoms. The number of guanidine groups is 1. The van der Waals surface area contributed by atoms with Crippen molar-refractivity contribution in [3.63, 3.8) is 0 Å². The molecule has 6 nitrogen and oxygen atoms in total. The number of hydrogen-bond donors (Lipinski definition) is 2. The molecule has 0 bridgehead atoms. The third kappa shape index (κ3) is 9.43. The number of carbonyl (C=O) groups excluding carboxylic acids is 1. The summed E-state index contributed by atoms with van der Waals surface area (Å²) in [5, 5.41) is 5.65. The molecule has 2 N–H and O–H groups in total. The fraction of sp³-hybridized carbons (Fsp3) is 0.500. The number of halogens is 3.